The van der Waals surface area contributed by atoms with E-state index in [1.165, 1.54) is 26.2 Å². The van der Waals surface area contributed by atoms with Crippen LogP contribution in [0.5, 0.6) is 0 Å². The van der Waals surface area contributed by atoms with E-state index in [-0.39, 0.29) is 26.5 Å². The number of nitrogens with one attached hydrogen (secondary N) is 1. The Labute approximate surface area is 157 Å². The summed E-state index contributed by atoms with van der Waals surface area (Å²) in [5, 5.41) is 2.85. The minimum absolute atomic E-state index is 0.0358. The molecule has 1 amide bonds. The Morgan fingerprint density at radius 2 is 1.68 bits per heavy atom. The van der Waals surface area contributed by atoms with Gasteiger partial charge >= 0.3 is 0 Å². The van der Waals surface area contributed by atoms with Crippen molar-refractivity contribution in [3.8, 4) is 0 Å². The zero-order chi connectivity index (χ0) is 18.8. The van der Waals surface area contributed by atoms with Gasteiger partial charge in [-0.3, -0.25) is 4.79 Å². The predicted octanol–water partition coefficient (Wildman–Crippen LogP) is 3.73. The molecule has 2 aromatic rings. The standard InChI is InChI=1S/C17H18Cl2N2O3S/c1-11(12-7-5-4-6-8-12)20-17(22)13-9-16(15(19)10-14(13)18)25(23,24)21(2)3/h4-11H,1-3H3,(H,20,22). The summed E-state index contributed by atoms with van der Waals surface area (Å²) < 4.78 is 25.7. The van der Waals surface area contributed by atoms with E-state index in [2.05, 4.69) is 5.32 Å². The minimum atomic E-state index is -3.80. The average molecular weight is 401 g/mol. The summed E-state index contributed by atoms with van der Waals surface area (Å²) >= 11 is 12.1. The molecular formula is C17H18Cl2N2O3S. The second kappa shape index (κ2) is 7.74. The minimum Gasteiger partial charge on any atom is -0.345 e. The molecule has 25 heavy (non-hydrogen) atoms. The Morgan fingerprint density at radius 3 is 2.24 bits per heavy atom. The van der Waals surface area contributed by atoms with Crippen LogP contribution < -0.4 is 5.32 Å². The second-order valence-electron chi connectivity index (χ2n) is 5.66. The molecule has 1 N–H and O–H groups in total. The van der Waals surface area contributed by atoms with Gasteiger partial charge in [0.25, 0.3) is 5.91 Å². The Balaban J connectivity index is 2.37. The maximum absolute atomic E-state index is 12.6. The summed E-state index contributed by atoms with van der Waals surface area (Å²) in [6.45, 7) is 1.83. The zero-order valence-corrected chi connectivity index (χ0v) is 16.3. The van der Waals surface area contributed by atoms with E-state index in [4.69, 9.17) is 23.2 Å². The zero-order valence-electron chi connectivity index (χ0n) is 14.0. The molecule has 2 aromatic carbocycles. The van der Waals surface area contributed by atoms with Gasteiger partial charge in [0.1, 0.15) is 4.90 Å². The van der Waals surface area contributed by atoms with Gasteiger partial charge in [-0.1, -0.05) is 53.5 Å². The lowest BCUT2D eigenvalue weighted by atomic mass is 10.1. The van der Waals surface area contributed by atoms with Crippen LogP contribution in [0.3, 0.4) is 0 Å². The number of hydrogen-bond acceptors (Lipinski definition) is 3. The van der Waals surface area contributed by atoms with Crippen LogP contribution in [0.25, 0.3) is 0 Å². The van der Waals surface area contributed by atoms with Gasteiger partial charge < -0.3 is 5.32 Å². The summed E-state index contributed by atoms with van der Waals surface area (Å²) in [7, 11) is -1.03. The van der Waals surface area contributed by atoms with Crippen LogP contribution in [0.15, 0.2) is 47.4 Å². The van der Waals surface area contributed by atoms with Crippen molar-refractivity contribution in [1.82, 2.24) is 9.62 Å². The Hall–Kier alpha value is -1.60. The van der Waals surface area contributed by atoms with Crippen molar-refractivity contribution in [3.63, 3.8) is 0 Å². The van der Waals surface area contributed by atoms with Crippen LogP contribution in [0.1, 0.15) is 28.9 Å². The van der Waals surface area contributed by atoms with Crippen molar-refractivity contribution < 1.29 is 13.2 Å². The number of amides is 1. The first-order valence-electron chi connectivity index (χ1n) is 7.42. The topological polar surface area (TPSA) is 66.5 Å². The third kappa shape index (κ3) is 4.33. The summed E-state index contributed by atoms with van der Waals surface area (Å²) in [6, 6.07) is 11.6. The van der Waals surface area contributed by atoms with E-state index in [0.717, 1.165) is 9.87 Å². The number of sulfonamides is 1. The molecule has 1 unspecified atom stereocenters. The van der Waals surface area contributed by atoms with Gasteiger partial charge in [-0.05, 0) is 24.6 Å². The molecule has 0 aromatic heterocycles. The van der Waals surface area contributed by atoms with Crippen molar-refractivity contribution in [3.05, 3.63) is 63.6 Å². The molecule has 0 heterocycles. The quantitative estimate of drug-likeness (QED) is 0.830. The van der Waals surface area contributed by atoms with Crippen molar-refractivity contribution in [2.45, 2.75) is 17.9 Å². The molecule has 0 aliphatic carbocycles. The monoisotopic (exact) mass is 400 g/mol. The van der Waals surface area contributed by atoms with Gasteiger partial charge in [-0.25, -0.2) is 12.7 Å². The highest BCUT2D eigenvalue weighted by atomic mass is 35.5. The molecule has 5 nitrogen and oxygen atoms in total. The molecule has 1 atom stereocenters. The first-order chi connectivity index (χ1) is 11.6. The Bertz CT molecular complexity index is 884. The van der Waals surface area contributed by atoms with Crippen molar-refractivity contribution in [2.75, 3.05) is 14.1 Å². The van der Waals surface area contributed by atoms with Crippen LogP contribution in [0.4, 0.5) is 0 Å². The van der Waals surface area contributed by atoms with Crippen LogP contribution in [0.2, 0.25) is 10.0 Å². The summed E-state index contributed by atoms with van der Waals surface area (Å²) in [5.74, 6) is -0.478. The second-order valence-corrected chi connectivity index (χ2v) is 8.59. The third-order valence-corrected chi connectivity index (χ3v) is 6.26. The van der Waals surface area contributed by atoms with Crippen LogP contribution in [-0.4, -0.2) is 32.7 Å². The van der Waals surface area contributed by atoms with Gasteiger partial charge in [0.2, 0.25) is 10.0 Å². The van der Waals surface area contributed by atoms with E-state index in [1.54, 1.807) is 0 Å². The van der Waals surface area contributed by atoms with E-state index >= 15 is 0 Å². The molecule has 0 radical (unpaired) electrons. The van der Waals surface area contributed by atoms with Crippen molar-refractivity contribution in [2.24, 2.45) is 0 Å². The maximum Gasteiger partial charge on any atom is 0.253 e. The molecule has 0 saturated carbocycles. The molecule has 2 rings (SSSR count). The number of halogens is 2. The first-order valence-corrected chi connectivity index (χ1v) is 9.61. The van der Waals surface area contributed by atoms with Crippen molar-refractivity contribution >= 4 is 39.1 Å². The van der Waals surface area contributed by atoms with Crippen molar-refractivity contribution in [1.29, 1.82) is 0 Å². The summed E-state index contributed by atoms with van der Waals surface area (Å²) in [4.78, 5) is 12.4. The number of carbonyl (C=O) groups is 1. The van der Waals surface area contributed by atoms with Gasteiger partial charge in [-0.15, -0.1) is 0 Å². The lowest BCUT2D eigenvalue weighted by molar-refractivity contribution is 0.0940. The number of rotatable bonds is 5. The molecule has 0 bridgehead atoms. The first kappa shape index (κ1) is 19.7. The van der Waals surface area contributed by atoms with E-state index < -0.39 is 15.9 Å². The highest BCUT2D eigenvalue weighted by molar-refractivity contribution is 7.89. The average Bonchev–Trinajstić information content (AvgIpc) is 2.55. The molecule has 8 heteroatoms. The number of hydrogen-bond donors (Lipinski definition) is 1. The molecule has 0 saturated heterocycles. The molecule has 0 aliphatic heterocycles. The fourth-order valence-corrected chi connectivity index (χ4v) is 3.92. The number of nitrogens with zero attached hydrogens (tertiary/aromatic N) is 1. The summed E-state index contributed by atoms with van der Waals surface area (Å²) in [6.07, 6.45) is 0. The van der Waals surface area contributed by atoms with E-state index in [1.807, 2.05) is 37.3 Å². The predicted molar refractivity (Wildman–Crippen MR) is 99.7 cm³/mol. The summed E-state index contributed by atoms with van der Waals surface area (Å²) in [5.41, 5.74) is 0.969. The molecule has 0 fully saturated rings. The molecule has 134 valence electrons. The molecular weight excluding hydrogens is 383 g/mol. The highest BCUT2D eigenvalue weighted by Gasteiger charge is 2.25. The fraction of sp³-hybridized carbons (Fsp3) is 0.235. The van der Waals surface area contributed by atoms with E-state index in [9.17, 15) is 13.2 Å². The lowest BCUT2D eigenvalue weighted by Crippen LogP contribution is -2.28. The van der Waals surface area contributed by atoms with E-state index in [0.29, 0.717) is 0 Å². The maximum atomic E-state index is 12.6. The van der Waals surface area contributed by atoms with Gasteiger partial charge in [-0.2, -0.15) is 0 Å². The lowest BCUT2D eigenvalue weighted by Gasteiger charge is -2.17. The smallest absolute Gasteiger partial charge is 0.253 e. The SMILES string of the molecule is CC(NC(=O)c1cc(S(=O)(=O)N(C)C)c(Cl)cc1Cl)c1ccccc1. The Morgan fingerprint density at radius 1 is 1.08 bits per heavy atom. The fourth-order valence-electron chi connectivity index (χ4n) is 2.20. The van der Waals surface area contributed by atoms with Gasteiger partial charge in [0.15, 0.2) is 0 Å². The van der Waals surface area contributed by atoms with Gasteiger partial charge in [0, 0.05) is 14.1 Å². The highest BCUT2D eigenvalue weighted by Crippen LogP contribution is 2.30. The number of carbonyl (C=O) groups excluding carboxylic acids is 1. The largest absolute Gasteiger partial charge is 0.345 e. The van der Waals surface area contributed by atoms with Gasteiger partial charge in [0.05, 0.1) is 21.7 Å². The molecule has 0 spiro atoms. The molecule has 0 aliphatic rings. The third-order valence-electron chi connectivity index (χ3n) is 3.67. The van der Waals surface area contributed by atoms with Crippen LogP contribution in [0, 0.1) is 0 Å². The Kier molecular flexibility index (Phi) is 6.11. The normalized spacial score (nSPS) is 12.9. The van der Waals surface area contributed by atoms with Crippen LogP contribution >= 0.6 is 23.2 Å². The number of benzene rings is 2. The van der Waals surface area contributed by atoms with Crippen LogP contribution in [-0.2, 0) is 10.0 Å².